The summed E-state index contributed by atoms with van der Waals surface area (Å²) in [4.78, 5) is 40.4. The van der Waals surface area contributed by atoms with Crippen molar-refractivity contribution < 1.29 is 23.9 Å². The van der Waals surface area contributed by atoms with Crippen LogP contribution in [0.5, 0.6) is 0 Å². The largest absolute Gasteiger partial charge is 0.462 e. The summed E-state index contributed by atoms with van der Waals surface area (Å²) >= 11 is 0.942. The highest BCUT2D eigenvalue weighted by atomic mass is 32.1. The molecule has 0 saturated heterocycles. The number of nitrogens with zero attached hydrogens (tertiary/aromatic N) is 2. The number of rotatable bonds is 6. The van der Waals surface area contributed by atoms with Crippen molar-refractivity contribution in [3.63, 3.8) is 0 Å². The van der Waals surface area contributed by atoms with E-state index in [4.69, 9.17) is 9.47 Å². The summed E-state index contributed by atoms with van der Waals surface area (Å²) in [6.45, 7) is 4.88. The van der Waals surface area contributed by atoms with Gasteiger partial charge in [-0.1, -0.05) is 0 Å². The van der Waals surface area contributed by atoms with Crippen LogP contribution in [0.25, 0.3) is 0 Å². The SMILES string of the molecule is CCOC(=O)c1sc(NC(=O)C(C)OC(=O)c2ccncc2)c(C#N)c1C. The fourth-order valence-electron chi connectivity index (χ4n) is 2.11. The van der Waals surface area contributed by atoms with E-state index in [2.05, 4.69) is 10.3 Å². The van der Waals surface area contributed by atoms with E-state index in [0.29, 0.717) is 5.56 Å². The number of pyridine rings is 1. The van der Waals surface area contributed by atoms with Gasteiger partial charge in [0.25, 0.3) is 5.91 Å². The molecule has 8 nitrogen and oxygen atoms in total. The highest BCUT2D eigenvalue weighted by Gasteiger charge is 2.25. The molecule has 9 heteroatoms. The minimum Gasteiger partial charge on any atom is -0.462 e. The highest BCUT2D eigenvalue weighted by molar-refractivity contribution is 7.18. The summed E-state index contributed by atoms with van der Waals surface area (Å²) in [5.74, 6) is -1.85. The second-order valence-electron chi connectivity index (χ2n) is 5.37. The van der Waals surface area contributed by atoms with Crippen LogP contribution in [0.1, 0.15) is 45.0 Å². The second kappa shape index (κ2) is 8.91. The van der Waals surface area contributed by atoms with Crippen molar-refractivity contribution in [3.8, 4) is 6.07 Å². The Morgan fingerprint density at radius 1 is 1.30 bits per heavy atom. The number of ether oxygens (including phenoxy) is 2. The average molecular weight is 387 g/mol. The fourth-order valence-corrected chi connectivity index (χ4v) is 3.17. The number of nitriles is 1. The smallest absolute Gasteiger partial charge is 0.348 e. The Bertz CT molecular complexity index is 902. The lowest BCUT2D eigenvalue weighted by Gasteiger charge is -2.12. The number of anilines is 1. The Morgan fingerprint density at radius 2 is 1.96 bits per heavy atom. The topological polar surface area (TPSA) is 118 Å². The zero-order valence-electron chi connectivity index (χ0n) is 14.9. The molecule has 1 N–H and O–H groups in total. The molecule has 2 heterocycles. The number of amides is 1. The van der Waals surface area contributed by atoms with Gasteiger partial charge in [-0.25, -0.2) is 9.59 Å². The van der Waals surface area contributed by atoms with Crippen LogP contribution in [0.3, 0.4) is 0 Å². The van der Waals surface area contributed by atoms with Crippen LogP contribution in [0.15, 0.2) is 24.5 Å². The number of aromatic nitrogens is 1. The summed E-state index contributed by atoms with van der Waals surface area (Å²) in [5, 5.41) is 12.1. The molecule has 0 radical (unpaired) electrons. The maximum absolute atomic E-state index is 12.3. The van der Waals surface area contributed by atoms with Crippen molar-refractivity contribution in [2.75, 3.05) is 11.9 Å². The summed E-state index contributed by atoms with van der Waals surface area (Å²) in [5.41, 5.74) is 0.862. The van der Waals surface area contributed by atoms with Gasteiger partial charge >= 0.3 is 11.9 Å². The molecule has 1 atom stereocenters. The Kier molecular flexibility index (Phi) is 6.62. The van der Waals surface area contributed by atoms with Gasteiger partial charge in [-0.05, 0) is 38.5 Å². The van der Waals surface area contributed by atoms with Gasteiger partial charge in [0, 0.05) is 12.4 Å². The van der Waals surface area contributed by atoms with E-state index in [-0.39, 0.29) is 27.6 Å². The molecular weight excluding hydrogens is 370 g/mol. The molecule has 2 aromatic heterocycles. The van der Waals surface area contributed by atoms with Gasteiger partial charge in [0.15, 0.2) is 6.10 Å². The number of hydrogen-bond acceptors (Lipinski definition) is 8. The van der Waals surface area contributed by atoms with Crippen molar-refractivity contribution in [2.24, 2.45) is 0 Å². The molecule has 0 fully saturated rings. The molecule has 27 heavy (non-hydrogen) atoms. The number of nitrogens with one attached hydrogen (secondary N) is 1. The maximum atomic E-state index is 12.3. The Balaban J connectivity index is 2.13. The van der Waals surface area contributed by atoms with Crippen LogP contribution < -0.4 is 5.32 Å². The van der Waals surface area contributed by atoms with Crippen LogP contribution in [0.4, 0.5) is 5.00 Å². The van der Waals surface area contributed by atoms with Gasteiger partial charge < -0.3 is 14.8 Å². The first-order valence-electron chi connectivity index (χ1n) is 8.01. The van der Waals surface area contributed by atoms with Crippen LogP contribution in [-0.2, 0) is 14.3 Å². The third kappa shape index (κ3) is 4.68. The van der Waals surface area contributed by atoms with Gasteiger partial charge in [-0.2, -0.15) is 5.26 Å². The molecule has 0 aliphatic carbocycles. The maximum Gasteiger partial charge on any atom is 0.348 e. The molecule has 0 aromatic carbocycles. The molecule has 2 rings (SSSR count). The van der Waals surface area contributed by atoms with E-state index >= 15 is 0 Å². The Labute approximate surface area is 159 Å². The third-order valence-electron chi connectivity index (χ3n) is 3.53. The first-order chi connectivity index (χ1) is 12.9. The lowest BCUT2D eigenvalue weighted by molar-refractivity contribution is -0.123. The molecule has 0 aliphatic heterocycles. The van der Waals surface area contributed by atoms with Gasteiger partial charge in [0.2, 0.25) is 0 Å². The van der Waals surface area contributed by atoms with Crippen molar-refractivity contribution in [1.82, 2.24) is 4.98 Å². The van der Waals surface area contributed by atoms with E-state index in [1.54, 1.807) is 13.8 Å². The predicted molar refractivity (Wildman–Crippen MR) is 97.5 cm³/mol. The van der Waals surface area contributed by atoms with Crippen LogP contribution in [0, 0.1) is 18.3 Å². The Hall–Kier alpha value is -3.25. The van der Waals surface area contributed by atoms with Crippen molar-refractivity contribution in [3.05, 3.63) is 46.1 Å². The van der Waals surface area contributed by atoms with Gasteiger partial charge in [0.05, 0.1) is 17.7 Å². The first kappa shape index (κ1) is 20.1. The van der Waals surface area contributed by atoms with Gasteiger partial charge in [0.1, 0.15) is 15.9 Å². The monoisotopic (exact) mass is 387 g/mol. The van der Waals surface area contributed by atoms with E-state index in [1.165, 1.54) is 31.5 Å². The lowest BCUT2D eigenvalue weighted by atomic mass is 10.1. The minimum absolute atomic E-state index is 0.170. The van der Waals surface area contributed by atoms with Crippen LogP contribution in [0.2, 0.25) is 0 Å². The highest BCUT2D eigenvalue weighted by Crippen LogP contribution is 2.33. The number of esters is 2. The van der Waals surface area contributed by atoms with E-state index in [1.807, 2.05) is 6.07 Å². The average Bonchev–Trinajstić information content (AvgIpc) is 2.97. The Morgan fingerprint density at radius 3 is 2.56 bits per heavy atom. The number of carbonyl (C=O) groups is 3. The summed E-state index contributed by atoms with van der Waals surface area (Å²) < 4.78 is 10.1. The van der Waals surface area contributed by atoms with E-state index < -0.39 is 23.9 Å². The quantitative estimate of drug-likeness (QED) is 0.757. The third-order valence-corrected chi connectivity index (χ3v) is 4.71. The number of thiophene rings is 1. The van der Waals surface area contributed by atoms with E-state index in [0.717, 1.165) is 11.3 Å². The normalized spacial score (nSPS) is 11.2. The zero-order chi connectivity index (χ0) is 20.0. The lowest BCUT2D eigenvalue weighted by Crippen LogP contribution is -2.30. The van der Waals surface area contributed by atoms with Gasteiger partial charge in [-0.3, -0.25) is 9.78 Å². The molecule has 0 saturated carbocycles. The molecule has 0 spiro atoms. The summed E-state index contributed by atoms with van der Waals surface area (Å²) in [6, 6.07) is 4.90. The summed E-state index contributed by atoms with van der Waals surface area (Å²) in [6.07, 6.45) is 1.77. The number of carbonyl (C=O) groups excluding carboxylic acids is 3. The van der Waals surface area contributed by atoms with Gasteiger partial charge in [-0.15, -0.1) is 11.3 Å². The molecular formula is C18H17N3O5S. The molecule has 2 aromatic rings. The standard InChI is InChI=1S/C18H17N3O5S/c1-4-25-18(24)14-10(2)13(9-19)16(27-14)21-15(22)11(3)26-17(23)12-5-7-20-8-6-12/h5-8,11H,4H2,1-3H3,(H,21,22). The first-order valence-corrected chi connectivity index (χ1v) is 8.83. The van der Waals surface area contributed by atoms with E-state index in [9.17, 15) is 19.6 Å². The minimum atomic E-state index is -1.11. The van der Waals surface area contributed by atoms with Crippen molar-refractivity contribution in [1.29, 1.82) is 5.26 Å². The number of hydrogen-bond donors (Lipinski definition) is 1. The van der Waals surface area contributed by atoms with Crippen LogP contribution in [-0.4, -0.2) is 35.5 Å². The predicted octanol–water partition coefficient (Wildman–Crippen LogP) is 2.68. The summed E-state index contributed by atoms with van der Waals surface area (Å²) in [7, 11) is 0. The molecule has 0 bridgehead atoms. The van der Waals surface area contributed by atoms with Crippen LogP contribution >= 0.6 is 11.3 Å². The molecule has 0 aliphatic rings. The molecule has 1 unspecified atom stereocenters. The van der Waals surface area contributed by atoms with Crippen molar-refractivity contribution in [2.45, 2.75) is 26.9 Å². The molecule has 140 valence electrons. The second-order valence-corrected chi connectivity index (χ2v) is 6.39. The zero-order valence-corrected chi connectivity index (χ0v) is 15.8. The van der Waals surface area contributed by atoms with Crippen molar-refractivity contribution >= 4 is 34.2 Å². The fraction of sp³-hybridized carbons (Fsp3) is 0.278. The molecule has 1 amide bonds.